The average Bonchev–Trinajstić information content (AvgIpc) is 2.66. The minimum absolute atomic E-state index is 1.24. The van der Waals surface area contributed by atoms with Crippen molar-refractivity contribution in [2.75, 3.05) is 0 Å². The maximum Gasteiger partial charge on any atom is -0.0809 e. The van der Waals surface area contributed by atoms with Crippen LogP contribution in [0.3, 0.4) is 0 Å². The predicted octanol–water partition coefficient (Wildman–Crippen LogP) is 4.68. The van der Waals surface area contributed by atoms with Gasteiger partial charge in [0.25, 0.3) is 0 Å². The molecule has 0 atom stereocenters. The van der Waals surface area contributed by atoms with Crippen LogP contribution in [-0.4, -0.2) is 3.21 Å². The Kier molecular flexibility index (Phi) is 5.89. The molecule has 0 fully saturated rings. The number of rotatable bonds is 0. The van der Waals surface area contributed by atoms with Crippen molar-refractivity contribution in [1.29, 1.82) is 0 Å². The summed E-state index contributed by atoms with van der Waals surface area (Å²) in [4.78, 5) is 0. The Morgan fingerprint density at radius 2 is 1.73 bits per heavy atom. The van der Waals surface area contributed by atoms with E-state index in [0.717, 1.165) is 0 Å². The van der Waals surface area contributed by atoms with Crippen LogP contribution in [0.5, 0.6) is 0 Å². The van der Waals surface area contributed by atoms with Crippen molar-refractivity contribution >= 4 is 31.0 Å². The van der Waals surface area contributed by atoms with Crippen LogP contribution in [0.15, 0.2) is 42.5 Å². The molecule has 0 aromatic heterocycles. The summed E-state index contributed by atoms with van der Waals surface area (Å²) in [5.41, 5.74) is 0. The number of fused-ring (bicyclic) bond motifs is 1. The van der Waals surface area contributed by atoms with Gasteiger partial charge >= 0.3 is 53.0 Å². The molecule has 0 saturated heterocycles. The van der Waals surface area contributed by atoms with Crippen LogP contribution in [0.2, 0.25) is 0 Å². The molecular formula is C12H13Cl2Zr-. The molecule has 2 rings (SSSR count). The first kappa shape index (κ1) is 13.2. The molecule has 2 aromatic rings. The van der Waals surface area contributed by atoms with Crippen LogP contribution in [-0.2, 0) is 18.9 Å². The first-order valence-corrected chi connectivity index (χ1v) is 12.3. The number of benzene rings is 1. The van der Waals surface area contributed by atoms with E-state index < -0.39 is 18.9 Å². The van der Waals surface area contributed by atoms with Crippen LogP contribution in [0.4, 0.5) is 0 Å². The van der Waals surface area contributed by atoms with Crippen LogP contribution in [0, 0.1) is 0 Å². The van der Waals surface area contributed by atoms with E-state index in [4.69, 9.17) is 17.0 Å². The van der Waals surface area contributed by atoms with Gasteiger partial charge in [0.05, 0.1) is 0 Å². The Morgan fingerprint density at radius 1 is 1.13 bits per heavy atom. The third-order valence-electron chi connectivity index (χ3n) is 1.93. The molecule has 0 amide bonds. The SMILES string of the molecule is C[C](C)=[Zr]([Cl])[Cl].c1ccc2[cH-]ccc2c1. The van der Waals surface area contributed by atoms with Crippen molar-refractivity contribution in [2.24, 2.45) is 0 Å². The van der Waals surface area contributed by atoms with Gasteiger partial charge in [-0.05, 0) is 0 Å². The van der Waals surface area contributed by atoms with E-state index in [-0.39, 0.29) is 0 Å². The van der Waals surface area contributed by atoms with Gasteiger partial charge in [0.15, 0.2) is 0 Å². The van der Waals surface area contributed by atoms with Gasteiger partial charge in [0.1, 0.15) is 0 Å². The van der Waals surface area contributed by atoms with E-state index in [1.807, 2.05) is 13.8 Å². The first-order chi connectivity index (χ1) is 7.11. The third kappa shape index (κ3) is 4.68. The van der Waals surface area contributed by atoms with Crippen LogP contribution >= 0.6 is 17.0 Å². The van der Waals surface area contributed by atoms with Gasteiger partial charge in [-0.3, -0.25) is 0 Å². The standard InChI is InChI=1S/C9H7.C3H6.2ClH.Zr/c1-2-5-9-7-3-6-8(9)4-1;1-3-2;;;/h1-7H;1-2H3;2*1H;/q-1;;;;+2/p-2. The van der Waals surface area contributed by atoms with E-state index >= 15 is 0 Å². The van der Waals surface area contributed by atoms with Gasteiger partial charge in [-0.15, -0.1) is 29.7 Å². The minimum Gasteiger partial charge on any atom is -0.168 e. The van der Waals surface area contributed by atoms with Gasteiger partial charge in [-0.25, -0.2) is 0 Å². The fraction of sp³-hybridized carbons (Fsp3) is 0.167. The molecular weight excluding hydrogens is 306 g/mol. The maximum atomic E-state index is 5.54. The minimum atomic E-state index is -1.84. The molecule has 0 heterocycles. The van der Waals surface area contributed by atoms with E-state index in [2.05, 4.69) is 42.5 Å². The Labute approximate surface area is 105 Å². The van der Waals surface area contributed by atoms with Crippen LogP contribution < -0.4 is 0 Å². The molecule has 0 saturated carbocycles. The normalized spacial score (nSPS) is 9.33. The van der Waals surface area contributed by atoms with Gasteiger partial charge < -0.3 is 0 Å². The van der Waals surface area contributed by atoms with Crippen molar-refractivity contribution in [2.45, 2.75) is 13.8 Å². The first-order valence-electron chi connectivity index (χ1n) is 4.70. The third-order valence-corrected chi connectivity index (χ3v) is 8.26. The fourth-order valence-corrected chi connectivity index (χ4v) is 1.07. The molecule has 0 aliphatic carbocycles. The van der Waals surface area contributed by atoms with Crippen molar-refractivity contribution in [3.63, 3.8) is 0 Å². The largest absolute Gasteiger partial charge is 0.168 e. The van der Waals surface area contributed by atoms with Crippen molar-refractivity contribution < 1.29 is 18.9 Å². The molecule has 0 unspecified atom stereocenters. The number of halogens is 2. The Bertz CT molecular complexity index is 409. The summed E-state index contributed by atoms with van der Waals surface area (Å²) >= 11 is -1.84. The molecule has 80 valence electrons. The quantitative estimate of drug-likeness (QED) is 0.618. The van der Waals surface area contributed by atoms with E-state index in [0.29, 0.717) is 0 Å². The predicted molar refractivity (Wildman–Crippen MR) is 67.6 cm³/mol. The summed E-state index contributed by atoms with van der Waals surface area (Å²) in [6, 6.07) is 14.7. The van der Waals surface area contributed by atoms with Gasteiger partial charge in [0, 0.05) is 0 Å². The fourth-order valence-electron chi connectivity index (χ4n) is 1.07. The summed E-state index contributed by atoms with van der Waals surface area (Å²) < 4.78 is 1.24. The van der Waals surface area contributed by atoms with Crippen molar-refractivity contribution in [1.82, 2.24) is 0 Å². The van der Waals surface area contributed by atoms with E-state index in [1.54, 1.807) is 0 Å². The molecule has 0 spiro atoms. The van der Waals surface area contributed by atoms with Gasteiger partial charge in [-0.1, -0.05) is 6.07 Å². The molecule has 2 aromatic carbocycles. The number of hydrogen-bond acceptors (Lipinski definition) is 0. The van der Waals surface area contributed by atoms with Gasteiger partial charge in [-0.2, -0.15) is 17.5 Å². The molecule has 15 heavy (non-hydrogen) atoms. The zero-order valence-electron chi connectivity index (χ0n) is 8.80. The number of hydrogen-bond donors (Lipinski definition) is 0. The smallest absolute Gasteiger partial charge is 0.0809 e. The maximum absolute atomic E-state index is 5.54. The summed E-state index contributed by atoms with van der Waals surface area (Å²) in [5.74, 6) is 0. The average molecular weight is 319 g/mol. The van der Waals surface area contributed by atoms with Crippen molar-refractivity contribution in [3.05, 3.63) is 42.5 Å². The molecule has 0 aliphatic heterocycles. The van der Waals surface area contributed by atoms with E-state index in [9.17, 15) is 0 Å². The van der Waals surface area contributed by atoms with E-state index in [1.165, 1.54) is 14.0 Å². The van der Waals surface area contributed by atoms with Crippen LogP contribution in [0.1, 0.15) is 13.8 Å². The Hall–Kier alpha value is 0.163. The second kappa shape index (κ2) is 6.68. The topological polar surface area (TPSA) is 0 Å². The second-order valence-corrected chi connectivity index (χ2v) is 12.8. The second-order valence-electron chi connectivity index (χ2n) is 3.42. The zero-order chi connectivity index (χ0) is 11.3. The molecule has 3 heteroatoms. The van der Waals surface area contributed by atoms with Crippen LogP contribution in [0.25, 0.3) is 10.8 Å². The summed E-state index contributed by atoms with van der Waals surface area (Å²) in [5, 5.41) is 2.66. The summed E-state index contributed by atoms with van der Waals surface area (Å²) in [6.45, 7) is 3.96. The Balaban J connectivity index is 0.000000167. The summed E-state index contributed by atoms with van der Waals surface area (Å²) in [6.07, 6.45) is 0. The van der Waals surface area contributed by atoms with Crippen molar-refractivity contribution in [3.8, 4) is 0 Å². The molecule has 0 bridgehead atoms. The molecule has 0 nitrogen and oxygen atoms in total. The zero-order valence-corrected chi connectivity index (χ0v) is 12.8. The molecule has 0 radical (unpaired) electrons. The molecule has 0 N–H and O–H groups in total. The Morgan fingerprint density at radius 3 is 2.27 bits per heavy atom. The molecule has 0 aliphatic rings. The van der Waals surface area contributed by atoms with Gasteiger partial charge in [0.2, 0.25) is 0 Å². The summed E-state index contributed by atoms with van der Waals surface area (Å²) in [7, 11) is 11.1. The monoisotopic (exact) mass is 317 g/mol.